The van der Waals surface area contributed by atoms with Crippen LogP contribution in [0.3, 0.4) is 0 Å². The second kappa shape index (κ2) is 5.58. The molecule has 1 aromatic carbocycles. The third-order valence-corrected chi connectivity index (χ3v) is 7.29. The average Bonchev–Trinajstić information content (AvgIpc) is 2.36. The number of nitrogens with two attached hydrogens (primary N) is 1. The minimum Gasteiger partial charge on any atom is -0.398 e. The number of sulfonamides is 1. The Hall–Kier alpha value is -1.12. The van der Waals surface area contributed by atoms with Crippen molar-refractivity contribution in [3.05, 3.63) is 23.3 Å². The third kappa shape index (κ3) is 3.56. The first kappa shape index (κ1) is 16.3. The van der Waals surface area contributed by atoms with Gasteiger partial charge < -0.3 is 5.73 Å². The van der Waals surface area contributed by atoms with Crippen LogP contribution in [0.2, 0.25) is 0 Å². The van der Waals surface area contributed by atoms with Crippen LogP contribution in [0.15, 0.2) is 17.0 Å². The number of aryl methyl sites for hydroxylation is 1. The van der Waals surface area contributed by atoms with E-state index in [4.69, 9.17) is 5.73 Å². The summed E-state index contributed by atoms with van der Waals surface area (Å²) in [7, 11) is -6.77. The van der Waals surface area contributed by atoms with Gasteiger partial charge >= 0.3 is 0 Å². The number of hydrogen-bond acceptors (Lipinski definition) is 5. The maximum absolute atomic E-state index is 12.5. The Labute approximate surface area is 125 Å². The molecular weight excluding hydrogens is 312 g/mol. The van der Waals surface area contributed by atoms with Gasteiger partial charge in [-0.25, -0.2) is 21.6 Å². The Balaban J connectivity index is 2.26. The predicted octanol–water partition coefficient (Wildman–Crippen LogP) is 0.741. The summed E-state index contributed by atoms with van der Waals surface area (Å²) in [5.74, 6) is 0.0327. The minimum atomic E-state index is -3.75. The van der Waals surface area contributed by atoms with Gasteiger partial charge in [-0.3, -0.25) is 0 Å². The second-order valence-electron chi connectivity index (χ2n) is 5.47. The fourth-order valence-corrected chi connectivity index (χ4v) is 5.68. The number of nitrogen functional groups attached to an aromatic ring is 1. The van der Waals surface area contributed by atoms with Gasteiger partial charge in [0.1, 0.15) is 14.7 Å². The van der Waals surface area contributed by atoms with Crippen molar-refractivity contribution >= 4 is 25.5 Å². The zero-order valence-electron chi connectivity index (χ0n) is 12.1. The van der Waals surface area contributed by atoms with Crippen molar-refractivity contribution in [1.82, 2.24) is 4.72 Å². The van der Waals surface area contributed by atoms with Gasteiger partial charge in [0, 0.05) is 6.04 Å². The molecule has 0 unspecified atom stereocenters. The molecule has 21 heavy (non-hydrogen) atoms. The molecule has 2 rings (SSSR count). The number of hydrogen-bond donors (Lipinski definition) is 2. The van der Waals surface area contributed by atoms with E-state index in [1.165, 1.54) is 0 Å². The van der Waals surface area contributed by atoms with E-state index >= 15 is 0 Å². The maximum atomic E-state index is 12.5. The van der Waals surface area contributed by atoms with Gasteiger partial charge in [0.2, 0.25) is 10.0 Å². The van der Waals surface area contributed by atoms with Gasteiger partial charge in [-0.15, -0.1) is 0 Å². The molecule has 0 aromatic heterocycles. The molecule has 0 amide bonds. The van der Waals surface area contributed by atoms with Crippen molar-refractivity contribution in [3.8, 4) is 0 Å². The summed E-state index contributed by atoms with van der Waals surface area (Å²) in [5.41, 5.74) is 7.47. The highest BCUT2D eigenvalue weighted by atomic mass is 32.2. The Morgan fingerprint density at radius 1 is 1.19 bits per heavy atom. The lowest BCUT2D eigenvalue weighted by molar-refractivity contribution is 0.505. The van der Waals surface area contributed by atoms with Crippen molar-refractivity contribution in [2.45, 2.75) is 37.6 Å². The van der Waals surface area contributed by atoms with Crippen LogP contribution in [0.25, 0.3) is 0 Å². The molecule has 0 bridgehead atoms. The van der Waals surface area contributed by atoms with Crippen LogP contribution in [0, 0.1) is 13.8 Å². The highest BCUT2D eigenvalue weighted by Gasteiger charge is 2.29. The Bertz CT molecular complexity index is 741. The molecule has 6 nitrogen and oxygen atoms in total. The van der Waals surface area contributed by atoms with E-state index in [9.17, 15) is 16.8 Å². The standard InChI is InChI=1S/C13H20N2O4S2/c1-9-3-4-12(14)13(10(9)2)21(18,19)15-11-5-7-20(16,17)8-6-11/h3-4,11,15H,5-8,14H2,1-2H3. The molecule has 0 spiro atoms. The summed E-state index contributed by atoms with van der Waals surface area (Å²) in [6, 6.07) is 2.98. The molecular formula is C13H20N2O4S2. The average molecular weight is 332 g/mol. The van der Waals surface area contributed by atoms with Crippen molar-refractivity contribution in [3.63, 3.8) is 0 Å². The first-order valence-electron chi connectivity index (χ1n) is 6.71. The predicted molar refractivity (Wildman–Crippen MR) is 82.3 cm³/mol. The number of nitrogens with one attached hydrogen (secondary N) is 1. The summed E-state index contributed by atoms with van der Waals surface area (Å²) in [6.07, 6.45) is 0.596. The number of benzene rings is 1. The fourth-order valence-electron chi connectivity index (χ4n) is 2.45. The van der Waals surface area contributed by atoms with E-state index in [1.54, 1.807) is 19.1 Å². The van der Waals surface area contributed by atoms with Crippen molar-refractivity contribution < 1.29 is 16.8 Å². The lowest BCUT2D eigenvalue weighted by Crippen LogP contribution is -2.41. The SMILES string of the molecule is Cc1ccc(N)c(S(=O)(=O)NC2CCS(=O)(=O)CC2)c1C. The van der Waals surface area contributed by atoms with E-state index in [1.807, 2.05) is 6.92 Å². The van der Waals surface area contributed by atoms with Crippen LogP contribution >= 0.6 is 0 Å². The lowest BCUT2D eigenvalue weighted by atomic mass is 10.1. The highest BCUT2D eigenvalue weighted by molar-refractivity contribution is 7.91. The van der Waals surface area contributed by atoms with Gasteiger partial charge in [-0.1, -0.05) is 6.07 Å². The summed E-state index contributed by atoms with van der Waals surface area (Å²) in [5, 5.41) is 0. The second-order valence-corrected chi connectivity index (χ2v) is 9.43. The lowest BCUT2D eigenvalue weighted by Gasteiger charge is -2.24. The van der Waals surface area contributed by atoms with Crippen molar-refractivity contribution in [2.75, 3.05) is 17.2 Å². The summed E-state index contributed by atoms with van der Waals surface area (Å²) >= 11 is 0. The Morgan fingerprint density at radius 2 is 1.76 bits per heavy atom. The van der Waals surface area contributed by atoms with Crippen molar-refractivity contribution in [2.24, 2.45) is 0 Å². The minimum absolute atomic E-state index is 0.0163. The van der Waals surface area contributed by atoms with Gasteiger partial charge in [0.25, 0.3) is 0 Å². The molecule has 0 atom stereocenters. The van der Waals surface area contributed by atoms with Crippen molar-refractivity contribution in [1.29, 1.82) is 0 Å². The van der Waals surface area contributed by atoms with E-state index in [2.05, 4.69) is 4.72 Å². The van der Waals surface area contributed by atoms with Gasteiger partial charge in [0.15, 0.2) is 0 Å². The van der Waals surface area contributed by atoms with Gasteiger partial charge in [-0.2, -0.15) is 0 Å². The Morgan fingerprint density at radius 3 is 2.33 bits per heavy atom. The molecule has 1 saturated heterocycles. The van der Waals surface area contributed by atoms with Crippen LogP contribution in [0.4, 0.5) is 5.69 Å². The molecule has 1 aliphatic heterocycles. The van der Waals surface area contributed by atoms with Crippen LogP contribution in [-0.4, -0.2) is 34.4 Å². The topological polar surface area (TPSA) is 106 Å². The number of sulfone groups is 1. The number of anilines is 1. The molecule has 8 heteroatoms. The van der Waals surface area contributed by atoms with Crippen LogP contribution in [-0.2, 0) is 19.9 Å². The summed E-state index contributed by atoms with van der Waals surface area (Å²) in [4.78, 5) is 0.0935. The molecule has 1 aliphatic rings. The monoisotopic (exact) mass is 332 g/mol. The molecule has 0 radical (unpaired) electrons. The zero-order valence-corrected chi connectivity index (χ0v) is 13.7. The number of rotatable bonds is 3. The summed E-state index contributed by atoms with van der Waals surface area (Å²) < 4.78 is 50.4. The maximum Gasteiger partial charge on any atom is 0.243 e. The first-order chi connectivity index (χ1) is 9.62. The summed E-state index contributed by atoms with van der Waals surface area (Å²) in [6.45, 7) is 3.53. The van der Waals surface area contributed by atoms with Gasteiger partial charge in [-0.05, 0) is 43.9 Å². The molecule has 3 N–H and O–H groups in total. The third-order valence-electron chi connectivity index (χ3n) is 3.85. The molecule has 0 aliphatic carbocycles. The molecule has 118 valence electrons. The molecule has 0 saturated carbocycles. The zero-order chi connectivity index (χ0) is 15.8. The quantitative estimate of drug-likeness (QED) is 0.794. The normalized spacial score (nSPS) is 19.5. The first-order valence-corrected chi connectivity index (χ1v) is 10.0. The van der Waals surface area contributed by atoms with E-state index in [-0.39, 0.29) is 28.1 Å². The fraction of sp³-hybridized carbons (Fsp3) is 0.538. The largest absolute Gasteiger partial charge is 0.398 e. The van der Waals surface area contributed by atoms with Gasteiger partial charge in [0.05, 0.1) is 17.2 Å². The van der Waals surface area contributed by atoms with E-state index < -0.39 is 19.9 Å². The van der Waals surface area contributed by atoms with Crippen LogP contribution < -0.4 is 10.5 Å². The van der Waals surface area contributed by atoms with Crippen LogP contribution in [0.1, 0.15) is 24.0 Å². The molecule has 1 fully saturated rings. The molecule has 1 aromatic rings. The van der Waals surface area contributed by atoms with E-state index in [0.29, 0.717) is 18.4 Å². The van der Waals surface area contributed by atoms with E-state index in [0.717, 1.165) is 5.56 Å². The smallest absolute Gasteiger partial charge is 0.243 e. The Kier molecular flexibility index (Phi) is 4.32. The highest BCUT2D eigenvalue weighted by Crippen LogP contribution is 2.26. The molecule has 1 heterocycles. The van der Waals surface area contributed by atoms with Crippen LogP contribution in [0.5, 0.6) is 0 Å².